The smallest absolute Gasteiger partial charge is 0.315 e. The van der Waals surface area contributed by atoms with E-state index in [1.807, 2.05) is 13.1 Å². The second kappa shape index (κ2) is 8.99. The van der Waals surface area contributed by atoms with Gasteiger partial charge in [0.25, 0.3) is 0 Å². The van der Waals surface area contributed by atoms with Gasteiger partial charge in [0.2, 0.25) is 0 Å². The van der Waals surface area contributed by atoms with Gasteiger partial charge in [0, 0.05) is 61.0 Å². The molecule has 3 heterocycles. The van der Waals surface area contributed by atoms with Crippen LogP contribution in [-0.4, -0.2) is 26.8 Å². The van der Waals surface area contributed by atoms with Crippen molar-refractivity contribution in [3.05, 3.63) is 101 Å². The van der Waals surface area contributed by atoms with Gasteiger partial charge in [-0.3, -0.25) is 9.97 Å². The number of para-hydroxylation sites is 2. The van der Waals surface area contributed by atoms with Gasteiger partial charge in [-0.25, -0.2) is 0 Å². The molecule has 0 bridgehead atoms. The highest BCUT2D eigenvalue weighted by atomic mass is 14.9. The summed E-state index contributed by atoms with van der Waals surface area (Å²) in [5, 5.41) is 4.98. The molecule has 39 heavy (non-hydrogen) atoms. The van der Waals surface area contributed by atoms with Crippen molar-refractivity contribution in [2.24, 2.45) is 0 Å². The first kappa shape index (κ1) is 23.5. The molecule has 187 valence electrons. The number of H-pyrrole nitrogens is 1. The van der Waals surface area contributed by atoms with Crippen molar-refractivity contribution < 1.29 is 0 Å². The normalized spacial score (nSPS) is 12.4. The number of aromatic nitrogens is 4. The van der Waals surface area contributed by atoms with E-state index in [-0.39, 0.29) is 0 Å². The number of allylic oxidation sites excluding steroid dienone is 2. The highest BCUT2D eigenvalue weighted by molar-refractivity contribution is 6.54. The summed E-state index contributed by atoms with van der Waals surface area (Å²) in [6, 6.07) is 21.6. The molecule has 0 aliphatic rings. The standard InChI is InChI=1S/C34H28BN4/c1-5-11-22-20(3)23(12-6-2)34-33(21(22)4)36-19-30(38-34)35-39-28-16-10-8-14-25(28)32-29(39)18-17-27-31(32)24-13-7-9-15-26(24)37-27/h5-19,37H,1-4H3/b11-5-,12-6-. The lowest BCUT2D eigenvalue weighted by Gasteiger charge is -2.15. The number of aromatic amines is 1. The van der Waals surface area contributed by atoms with E-state index in [1.54, 1.807) is 0 Å². The molecule has 5 heteroatoms. The number of hydrogen-bond acceptors (Lipinski definition) is 2. The lowest BCUT2D eigenvalue weighted by molar-refractivity contribution is 1.26. The highest BCUT2D eigenvalue weighted by Gasteiger charge is 2.19. The first-order chi connectivity index (χ1) is 19.1. The Labute approximate surface area is 228 Å². The minimum absolute atomic E-state index is 0.826. The third-order valence-corrected chi connectivity index (χ3v) is 7.88. The molecule has 4 aromatic carbocycles. The number of nitrogens with one attached hydrogen (secondary N) is 1. The summed E-state index contributed by atoms with van der Waals surface area (Å²) in [5.74, 6) is 0. The van der Waals surface area contributed by atoms with Crippen LogP contribution in [-0.2, 0) is 0 Å². The van der Waals surface area contributed by atoms with Gasteiger partial charge in [0.15, 0.2) is 0 Å². The third kappa shape index (κ3) is 3.46. The average molecular weight is 503 g/mol. The fraction of sp³-hybridized carbons (Fsp3) is 0.118. The van der Waals surface area contributed by atoms with E-state index >= 15 is 0 Å². The van der Waals surface area contributed by atoms with Crippen molar-refractivity contribution in [1.29, 1.82) is 0 Å². The Morgan fingerprint density at radius 3 is 2.28 bits per heavy atom. The Morgan fingerprint density at radius 1 is 0.718 bits per heavy atom. The van der Waals surface area contributed by atoms with Gasteiger partial charge in [0.1, 0.15) is 0 Å². The lowest BCUT2D eigenvalue weighted by Crippen LogP contribution is -2.26. The maximum atomic E-state index is 5.19. The van der Waals surface area contributed by atoms with Gasteiger partial charge in [-0.1, -0.05) is 60.7 Å². The zero-order valence-electron chi connectivity index (χ0n) is 22.6. The molecule has 0 unspecified atom stereocenters. The first-order valence-electron chi connectivity index (χ1n) is 13.4. The van der Waals surface area contributed by atoms with E-state index in [0.717, 1.165) is 49.8 Å². The Morgan fingerprint density at radius 2 is 1.46 bits per heavy atom. The first-order valence-corrected chi connectivity index (χ1v) is 13.4. The zero-order valence-corrected chi connectivity index (χ0v) is 22.6. The highest BCUT2D eigenvalue weighted by Crippen LogP contribution is 2.38. The lowest BCUT2D eigenvalue weighted by atomic mass is 9.87. The summed E-state index contributed by atoms with van der Waals surface area (Å²) in [5.41, 5.74) is 12.0. The maximum Gasteiger partial charge on any atom is 0.315 e. The molecule has 0 atom stereocenters. The molecular formula is C34H28BN4. The average Bonchev–Trinajstić information content (AvgIpc) is 3.49. The Kier molecular flexibility index (Phi) is 5.41. The van der Waals surface area contributed by atoms with Crippen LogP contribution in [0, 0.1) is 13.8 Å². The molecule has 0 fully saturated rings. The molecule has 0 saturated carbocycles. The quantitative estimate of drug-likeness (QED) is 0.249. The zero-order chi connectivity index (χ0) is 26.7. The summed E-state index contributed by atoms with van der Waals surface area (Å²) in [6.45, 7) is 8.42. The van der Waals surface area contributed by atoms with Crippen LogP contribution in [0.25, 0.3) is 66.8 Å². The number of aryl methyl sites for hydroxylation is 1. The van der Waals surface area contributed by atoms with Crippen molar-refractivity contribution in [3.8, 4) is 0 Å². The van der Waals surface area contributed by atoms with Gasteiger partial charge in [-0.2, -0.15) is 0 Å². The monoisotopic (exact) mass is 503 g/mol. The molecule has 0 aliphatic heterocycles. The molecule has 0 saturated heterocycles. The van der Waals surface area contributed by atoms with Crippen molar-refractivity contribution in [2.45, 2.75) is 27.7 Å². The summed E-state index contributed by atoms with van der Waals surface area (Å²) in [6.07, 6.45) is 10.4. The molecule has 0 aliphatic carbocycles. The van der Waals surface area contributed by atoms with E-state index in [2.05, 4.69) is 123 Å². The maximum absolute atomic E-state index is 5.19. The number of fused-ring (bicyclic) bond motifs is 8. The molecule has 1 N–H and O–H groups in total. The largest absolute Gasteiger partial charge is 0.383 e. The van der Waals surface area contributed by atoms with Crippen molar-refractivity contribution >= 4 is 79.8 Å². The minimum atomic E-state index is 0.826. The topological polar surface area (TPSA) is 46.5 Å². The second-order valence-electron chi connectivity index (χ2n) is 10.1. The predicted octanol–water partition coefficient (Wildman–Crippen LogP) is 7.85. The number of nitrogens with zero attached hydrogens (tertiary/aromatic N) is 3. The Bertz CT molecular complexity index is 2140. The van der Waals surface area contributed by atoms with Crippen molar-refractivity contribution in [2.75, 3.05) is 0 Å². The molecule has 7 aromatic rings. The summed E-state index contributed by atoms with van der Waals surface area (Å²) in [7, 11) is 2.13. The third-order valence-electron chi connectivity index (χ3n) is 7.88. The van der Waals surface area contributed by atoms with Crippen LogP contribution < -0.4 is 5.59 Å². The van der Waals surface area contributed by atoms with E-state index in [1.165, 1.54) is 32.7 Å². The Balaban J connectivity index is 1.48. The number of hydrogen-bond donors (Lipinski definition) is 1. The number of benzene rings is 4. The van der Waals surface area contributed by atoms with Crippen LogP contribution in [0.5, 0.6) is 0 Å². The van der Waals surface area contributed by atoms with Crippen LogP contribution in [0.2, 0.25) is 0 Å². The molecule has 0 spiro atoms. The fourth-order valence-corrected chi connectivity index (χ4v) is 6.15. The van der Waals surface area contributed by atoms with Crippen LogP contribution in [0.15, 0.2) is 79.0 Å². The Hall–Kier alpha value is -4.64. The molecule has 4 nitrogen and oxygen atoms in total. The molecule has 7 rings (SSSR count). The molecule has 1 radical (unpaired) electrons. The molecular weight excluding hydrogens is 475 g/mol. The fourth-order valence-electron chi connectivity index (χ4n) is 6.15. The predicted molar refractivity (Wildman–Crippen MR) is 168 cm³/mol. The number of rotatable bonds is 4. The van der Waals surface area contributed by atoms with Crippen molar-refractivity contribution in [3.63, 3.8) is 0 Å². The SMILES string of the molecule is C/C=C\c1c(C)c(/C=C\C)c2nc([B]n3c4ccccc4c4c5c(ccc43)[nH]c3ccccc35)cnc2c1C. The summed E-state index contributed by atoms with van der Waals surface area (Å²) < 4.78 is 2.27. The van der Waals surface area contributed by atoms with Gasteiger partial charge < -0.3 is 9.46 Å². The second-order valence-corrected chi connectivity index (χ2v) is 10.1. The van der Waals surface area contributed by atoms with E-state index in [9.17, 15) is 0 Å². The summed E-state index contributed by atoms with van der Waals surface area (Å²) >= 11 is 0. The minimum Gasteiger partial charge on any atom is -0.383 e. The summed E-state index contributed by atoms with van der Waals surface area (Å²) in [4.78, 5) is 13.7. The van der Waals surface area contributed by atoms with Gasteiger partial charge in [-0.05, 0) is 68.7 Å². The van der Waals surface area contributed by atoms with Gasteiger partial charge >= 0.3 is 7.41 Å². The van der Waals surface area contributed by atoms with Gasteiger partial charge in [-0.15, -0.1) is 0 Å². The van der Waals surface area contributed by atoms with Crippen LogP contribution >= 0.6 is 0 Å². The van der Waals surface area contributed by atoms with E-state index in [0.29, 0.717) is 0 Å². The molecule has 3 aromatic heterocycles. The van der Waals surface area contributed by atoms with E-state index < -0.39 is 0 Å². The van der Waals surface area contributed by atoms with Crippen LogP contribution in [0.4, 0.5) is 0 Å². The van der Waals surface area contributed by atoms with Crippen molar-refractivity contribution in [1.82, 2.24) is 19.4 Å². The van der Waals surface area contributed by atoms with Gasteiger partial charge in [0.05, 0.1) is 11.0 Å². The van der Waals surface area contributed by atoms with Crippen LogP contribution in [0.1, 0.15) is 36.1 Å². The van der Waals surface area contributed by atoms with E-state index in [4.69, 9.17) is 9.97 Å². The molecule has 0 amide bonds. The van der Waals surface area contributed by atoms with Crippen LogP contribution in [0.3, 0.4) is 0 Å².